The molecule has 2 atom stereocenters. The lowest BCUT2D eigenvalue weighted by Crippen LogP contribution is -2.44. The molecule has 4 N–H and O–H groups in total. The highest BCUT2D eigenvalue weighted by Gasteiger charge is 2.37. The van der Waals surface area contributed by atoms with Gasteiger partial charge < -0.3 is 15.3 Å². The van der Waals surface area contributed by atoms with E-state index in [1.165, 1.54) is 4.90 Å². The van der Waals surface area contributed by atoms with Crippen molar-refractivity contribution in [2.75, 3.05) is 18.8 Å². The average Bonchev–Trinajstić information content (AvgIpc) is 2.65. The second-order valence-corrected chi connectivity index (χ2v) is 6.35. The lowest BCUT2D eigenvalue weighted by Gasteiger charge is -2.23. The molecule has 0 aromatic heterocycles. The monoisotopic (exact) mass is 293 g/mol. The van der Waals surface area contributed by atoms with Crippen LogP contribution >= 0.6 is 0 Å². The second kappa shape index (κ2) is 6.20. The van der Waals surface area contributed by atoms with Gasteiger partial charge in [0.2, 0.25) is 10.0 Å². The van der Waals surface area contributed by atoms with Crippen molar-refractivity contribution < 1.29 is 23.1 Å². The van der Waals surface area contributed by atoms with Gasteiger partial charge >= 0.3 is 12.0 Å². The predicted molar refractivity (Wildman–Crippen MR) is 67.9 cm³/mol. The third kappa shape index (κ3) is 4.67. The number of sulfonamides is 1. The molecule has 9 heteroatoms. The molecule has 1 rings (SSSR count). The largest absolute Gasteiger partial charge is 0.481 e. The van der Waals surface area contributed by atoms with Gasteiger partial charge in [0.05, 0.1) is 11.7 Å². The van der Waals surface area contributed by atoms with Gasteiger partial charge in [-0.3, -0.25) is 4.79 Å². The van der Waals surface area contributed by atoms with Gasteiger partial charge in [-0.25, -0.2) is 18.4 Å². The van der Waals surface area contributed by atoms with E-state index in [4.69, 9.17) is 10.2 Å². The molecule has 2 unspecified atom stereocenters. The Bertz CT molecular complexity index is 450. The minimum absolute atomic E-state index is 0.191. The Hall–Kier alpha value is -1.35. The lowest BCUT2D eigenvalue weighted by atomic mass is 10.0. The average molecular weight is 293 g/mol. The molecule has 1 aliphatic rings. The molecule has 0 bridgehead atoms. The van der Waals surface area contributed by atoms with Gasteiger partial charge in [0.1, 0.15) is 0 Å². The summed E-state index contributed by atoms with van der Waals surface area (Å²) in [4.78, 5) is 24.2. The number of carbonyl (C=O) groups is 2. The van der Waals surface area contributed by atoms with Crippen molar-refractivity contribution in [3.8, 4) is 0 Å². The Morgan fingerprint density at radius 3 is 2.58 bits per heavy atom. The molecule has 0 aromatic carbocycles. The number of carboxylic acid groups (broad SMARTS) is 1. The van der Waals surface area contributed by atoms with E-state index < -0.39 is 21.9 Å². The van der Waals surface area contributed by atoms with Crippen LogP contribution in [-0.4, -0.2) is 55.3 Å². The molecule has 0 spiro atoms. The maximum absolute atomic E-state index is 11.8. The fraction of sp³-hybridized carbons (Fsp3) is 0.800. The van der Waals surface area contributed by atoms with Crippen LogP contribution in [0.3, 0.4) is 0 Å². The number of urea groups is 1. The zero-order valence-corrected chi connectivity index (χ0v) is 11.5. The highest BCUT2D eigenvalue weighted by atomic mass is 32.2. The number of primary sulfonamides is 1. The van der Waals surface area contributed by atoms with Crippen molar-refractivity contribution in [3.05, 3.63) is 0 Å². The second-order valence-electron chi connectivity index (χ2n) is 4.62. The van der Waals surface area contributed by atoms with Crippen LogP contribution in [-0.2, 0) is 14.8 Å². The van der Waals surface area contributed by atoms with E-state index >= 15 is 0 Å². The summed E-state index contributed by atoms with van der Waals surface area (Å²) in [7, 11) is -3.51. The lowest BCUT2D eigenvalue weighted by molar-refractivity contribution is -0.142. The topological polar surface area (TPSA) is 130 Å². The molecular formula is C10H19N3O5S. The molecule has 0 radical (unpaired) electrons. The van der Waals surface area contributed by atoms with Crippen LogP contribution in [0.5, 0.6) is 0 Å². The molecule has 1 aliphatic heterocycles. The third-order valence-corrected chi connectivity index (χ3v) is 4.07. The van der Waals surface area contributed by atoms with Crippen molar-refractivity contribution in [2.45, 2.75) is 25.8 Å². The normalized spacial score (nSPS) is 23.4. The van der Waals surface area contributed by atoms with E-state index in [-0.39, 0.29) is 30.8 Å². The summed E-state index contributed by atoms with van der Waals surface area (Å²) in [6.45, 7) is 2.27. The van der Waals surface area contributed by atoms with Crippen molar-refractivity contribution in [1.29, 1.82) is 0 Å². The first kappa shape index (κ1) is 15.7. The van der Waals surface area contributed by atoms with Gasteiger partial charge in [-0.15, -0.1) is 0 Å². The number of aliphatic carboxylic acids is 1. The fourth-order valence-electron chi connectivity index (χ4n) is 2.13. The van der Waals surface area contributed by atoms with Crippen LogP contribution in [0.4, 0.5) is 4.79 Å². The summed E-state index contributed by atoms with van der Waals surface area (Å²) in [5.74, 6) is -1.65. The molecule has 1 saturated heterocycles. The van der Waals surface area contributed by atoms with Crippen molar-refractivity contribution in [2.24, 2.45) is 11.1 Å². The molecule has 2 amide bonds. The molecule has 0 aromatic rings. The minimum atomic E-state index is -3.51. The number of nitrogens with zero attached hydrogens (tertiary/aromatic N) is 1. The van der Waals surface area contributed by atoms with E-state index in [1.54, 1.807) is 6.92 Å². The van der Waals surface area contributed by atoms with Crippen molar-refractivity contribution in [1.82, 2.24) is 10.2 Å². The SMILES string of the molecule is CC1C(C(=O)O)CCN1C(=O)NCCCS(N)(=O)=O. The predicted octanol–water partition coefficient (Wildman–Crippen LogP) is -0.830. The molecule has 1 heterocycles. The van der Waals surface area contributed by atoms with E-state index in [1.807, 2.05) is 0 Å². The van der Waals surface area contributed by atoms with Crippen LogP contribution in [0.1, 0.15) is 19.8 Å². The van der Waals surface area contributed by atoms with E-state index in [2.05, 4.69) is 5.32 Å². The molecule has 19 heavy (non-hydrogen) atoms. The molecule has 1 fully saturated rings. The zero-order valence-electron chi connectivity index (χ0n) is 10.7. The molecule has 0 aliphatic carbocycles. The molecule has 110 valence electrons. The van der Waals surface area contributed by atoms with Crippen LogP contribution in [0, 0.1) is 5.92 Å². The smallest absolute Gasteiger partial charge is 0.317 e. The number of nitrogens with one attached hydrogen (secondary N) is 1. The summed E-state index contributed by atoms with van der Waals surface area (Å²) < 4.78 is 21.4. The van der Waals surface area contributed by atoms with Crippen LogP contribution in [0.25, 0.3) is 0 Å². The van der Waals surface area contributed by atoms with Crippen molar-refractivity contribution >= 4 is 22.0 Å². The number of hydrogen-bond acceptors (Lipinski definition) is 4. The first-order valence-electron chi connectivity index (χ1n) is 6.00. The number of carboxylic acids is 1. The van der Waals surface area contributed by atoms with Crippen LogP contribution in [0.2, 0.25) is 0 Å². The van der Waals surface area contributed by atoms with Gasteiger partial charge in [-0.05, 0) is 19.8 Å². The third-order valence-electron chi connectivity index (χ3n) is 3.21. The van der Waals surface area contributed by atoms with Crippen LogP contribution in [0.15, 0.2) is 0 Å². The number of hydrogen-bond donors (Lipinski definition) is 3. The molecule has 0 saturated carbocycles. The number of carbonyl (C=O) groups excluding carboxylic acids is 1. The minimum Gasteiger partial charge on any atom is -0.481 e. The fourth-order valence-corrected chi connectivity index (χ4v) is 2.67. The quantitative estimate of drug-likeness (QED) is 0.570. The van der Waals surface area contributed by atoms with Gasteiger partial charge in [0, 0.05) is 19.1 Å². The van der Waals surface area contributed by atoms with E-state index in [0.717, 1.165) is 0 Å². The Kier molecular flexibility index (Phi) is 5.12. The standard InChI is InChI=1S/C10H19N3O5S/c1-7-8(9(14)15)3-5-13(7)10(16)12-4-2-6-19(11,17)18/h7-8H,2-6H2,1H3,(H,12,16)(H,14,15)(H2,11,17,18). The van der Waals surface area contributed by atoms with Crippen molar-refractivity contribution in [3.63, 3.8) is 0 Å². The highest BCUT2D eigenvalue weighted by molar-refractivity contribution is 7.89. The van der Waals surface area contributed by atoms with E-state index in [9.17, 15) is 18.0 Å². The van der Waals surface area contributed by atoms with E-state index in [0.29, 0.717) is 13.0 Å². The molecule has 8 nitrogen and oxygen atoms in total. The maximum Gasteiger partial charge on any atom is 0.317 e. The zero-order chi connectivity index (χ0) is 14.6. The first-order valence-corrected chi connectivity index (χ1v) is 7.71. The summed E-state index contributed by atoms with van der Waals surface area (Å²) in [6.07, 6.45) is 0.663. The summed E-state index contributed by atoms with van der Waals surface area (Å²) in [5.41, 5.74) is 0. The Balaban J connectivity index is 2.37. The first-order chi connectivity index (χ1) is 8.72. The Labute approximate surface area is 112 Å². The Morgan fingerprint density at radius 2 is 2.11 bits per heavy atom. The Morgan fingerprint density at radius 1 is 1.47 bits per heavy atom. The number of nitrogens with two attached hydrogens (primary N) is 1. The van der Waals surface area contributed by atoms with Crippen LogP contribution < -0.4 is 10.5 Å². The highest BCUT2D eigenvalue weighted by Crippen LogP contribution is 2.24. The van der Waals surface area contributed by atoms with Gasteiger partial charge in [0.25, 0.3) is 0 Å². The van der Waals surface area contributed by atoms with Gasteiger partial charge in [-0.1, -0.05) is 0 Å². The van der Waals surface area contributed by atoms with Gasteiger partial charge in [-0.2, -0.15) is 0 Å². The summed E-state index contributed by atoms with van der Waals surface area (Å²) >= 11 is 0. The number of rotatable bonds is 5. The maximum atomic E-state index is 11.8. The number of likely N-dealkylation sites (tertiary alicyclic amines) is 1. The number of amides is 2. The van der Waals surface area contributed by atoms with Gasteiger partial charge in [0.15, 0.2) is 0 Å². The summed E-state index contributed by atoms with van der Waals surface area (Å²) in [6, 6.07) is -0.735. The molecular weight excluding hydrogens is 274 g/mol. The summed E-state index contributed by atoms with van der Waals surface area (Å²) in [5, 5.41) is 16.3.